The minimum atomic E-state index is 0.431. The SMILES string of the molecule is CC(C)(C)C[C@@H]1[C@H](N)[C@H]2C=C[C@@H]1C2. The summed E-state index contributed by atoms with van der Waals surface area (Å²) in [6, 6.07) is 0.439. The zero-order chi connectivity index (χ0) is 9.64. The second-order valence-electron chi connectivity index (χ2n) is 5.95. The fourth-order valence-electron chi connectivity index (χ4n) is 2.96. The molecule has 4 atom stereocenters. The van der Waals surface area contributed by atoms with Crippen molar-refractivity contribution in [1.82, 2.24) is 0 Å². The van der Waals surface area contributed by atoms with Crippen LogP contribution in [0.25, 0.3) is 0 Å². The maximum atomic E-state index is 6.22. The van der Waals surface area contributed by atoms with Crippen LogP contribution in [-0.2, 0) is 0 Å². The maximum Gasteiger partial charge on any atom is 0.0136 e. The third-order valence-electron chi connectivity index (χ3n) is 3.54. The molecule has 2 N–H and O–H groups in total. The summed E-state index contributed by atoms with van der Waals surface area (Å²) < 4.78 is 0. The molecule has 74 valence electrons. The molecule has 0 amide bonds. The van der Waals surface area contributed by atoms with E-state index in [0.29, 0.717) is 17.4 Å². The van der Waals surface area contributed by atoms with Gasteiger partial charge >= 0.3 is 0 Å². The van der Waals surface area contributed by atoms with Crippen LogP contribution in [0, 0.1) is 23.2 Å². The number of fused-ring (bicyclic) bond motifs is 2. The Balaban J connectivity index is 2.05. The van der Waals surface area contributed by atoms with Crippen molar-refractivity contribution in [3.05, 3.63) is 12.2 Å². The van der Waals surface area contributed by atoms with E-state index in [2.05, 4.69) is 32.9 Å². The Morgan fingerprint density at radius 1 is 1.23 bits per heavy atom. The molecule has 0 aromatic rings. The molecule has 0 spiro atoms. The van der Waals surface area contributed by atoms with Crippen LogP contribution in [0.3, 0.4) is 0 Å². The van der Waals surface area contributed by atoms with Gasteiger partial charge in [0.05, 0.1) is 0 Å². The lowest BCUT2D eigenvalue weighted by atomic mass is 9.77. The van der Waals surface area contributed by atoms with Gasteiger partial charge < -0.3 is 5.73 Å². The Labute approximate surface area is 81.4 Å². The minimum absolute atomic E-state index is 0.431. The van der Waals surface area contributed by atoms with Crippen LogP contribution in [0.2, 0.25) is 0 Å². The number of nitrogens with two attached hydrogens (primary N) is 1. The highest BCUT2D eigenvalue weighted by atomic mass is 14.7. The van der Waals surface area contributed by atoms with E-state index in [-0.39, 0.29) is 0 Å². The monoisotopic (exact) mass is 179 g/mol. The summed E-state index contributed by atoms with van der Waals surface area (Å²) >= 11 is 0. The molecule has 1 nitrogen and oxygen atoms in total. The first kappa shape index (κ1) is 9.26. The van der Waals surface area contributed by atoms with Gasteiger partial charge in [-0.15, -0.1) is 0 Å². The Bertz CT molecular complexity index is 224. The first-order valence-corrected chi connectivity index (χ1v) is 5.41. The standard InChI is InChI=1S/C12H21N/c1-12(2,3)7-10-8-4-5-9(6-8)11(10)13/h4-5,8-11H,6-7,13H2,1-3H3/t8-,9+,10+,11-/m1/s1. The minimum Gasteiger partial charge on any atom is -0.327 e. The Morgan fingerprint density at radius 3 is 2.31 bits per heavy atom. The van der Waals surface area contributed by atoms with Gasteiger partial charge in [-0.25, -0.2) is 0 Å². The Hall–Kier alpha value is -0.300. The first-order chi connectivity index (χ1) is 5.97. The highest BCUT2D eigenvalue weighted by molar-refractivity contribution is 5.15. The molecule has 1 saturated carbocycles. The van der Waals surface area contributed by atoms with Gasteiger partial charge in [-0.2, -0.15) is 0 Å². The van der Waals surface area contributed by atoms with Crippen LogP contribution < -0.4 is 5.73 Å². The topological polar surface area (TPSA) is 26.0 Å². The van der Waals surface area contributed by atoms with Crippen molar-refractivity contribution in [2.24, 2.45) is 28.9 Å². The van der Waals surface area contributed by atoms with Crippen LogP contribution in [-0.4, -0.2) is 6.04 Å². The van der Waals surface area contributed by atoms with Crippen molar-refractivity contribution in [3.63, 3.8) is 0 Å². The van der Waals surface area contributed by atoms with E-state index in [1.54, 1.807) is 0 Å². The number of hydrogen-bond acceptors (Lipinski definition) is 1. The lowest BCUT2D eigenvalue weighted by Crippen LogP contribution is -2.35. The second-order valence-corrected chi connectivity index (χ2v) is 5.95. The maximum absolute atomic E-state index is 6.22. The lowest BCUT2D eigenvalue weighted by molar-refractivity contribution is 0.246. The van der Waals surface area contributed by atoms with Gasteiger partial charge in [-0.1, -0.05) is 32.9 Å². The molecule has 0 radical (unpaired) electrons. The molecule has 2 aliphatic rings. The first-order valence-electron chi connectivity index (χ1n) is 5.41. The fourth-order valence-corrected chi connectivity index (χ4v) is 2.96. The van der Waals surface area contributed by atoms with Gasteiger partial charge in [0.15, 0.2) is 0 Å². The number of hydrogen-bond donors (Lipinski definition) is 1. The number of rotatable bonds is 1. The number of allylic oxidation sites excluding steroid dienone is 1. The molecule has 1 fully saturated rings. The molecule has 0 aliphatic heterocycles. The fraction of sp³-hybridized carbons (Fsp3) is 0.833. The third-order valence-corrected chi connectivity index (χ3v) is 3.54. The van der Waals surface area contributed by atoms with E-state index < -0.39 is 0 Å². The van der Waals surface area contributed by atoms with E-state index >= 15 is 0 Å². The normalized spacial score (nSPS) is 43.1. The van der Waals surface area contributed by atoms with E-state index in [0.717, 1.165) is 11.8 Å². The molecule has 0 aromatic carbocycles. The van der Waals surface area contributed by atoms with Gasteiger partial charge in [-0.3, -0.25) is 0 Å². The van der Waals surface area contributed by atoms with Crippen molar-refractivity contribution in [2.45, 2.75) is 39.7 Å². The third kappa shape index (κ3) is 1.67. The zero-order valence-corrected chi connectivity index (χ0v) is 8.96. The predicted octanol–water partition coefficient (Wildman–Crippen LogP) is 2.57. The van der Waals surface area contributed by atoms with E-state index in [4.69, 9.17) is 5.73 Å². The summed E-state index contributed by atoms with van der Waals surface area (Å²) in [5.74, 6) is 2.23. The molecule has 2 bridgehead atoms. The molecule has 13 heavy (non-hydrogen) atoms. The molecule has 2 aliphatic carbocycles. The Morgan fingerprint density at radius 2 is 1.85 bits per heavy atom. The van der Waals surface area contributed by atoms with Gasteiger partial charge in [-0.05, 0) is 36.0 Å². The van der Waals surface area contributed by atoms with Crippen molar-refractivity contribution < 1.29 is 0 Å². The van der Waals surface area contributed by atoms with Gasteiger partial charge in [0.25, 0.3) is 0 Å². The summed E-state index contributed by atoms with van der Waals surface area (Å²) in [5.41, 5.74) is 6.65. The van der Waals surface area contributed by atoms with Crippen LogP contribution in [0.5, 0.6) is 0 Å². The van der Waals surface area contributed by atoms with E-state index in [1.165, 1.54) is 12.8 Å². The highest BCUT2D eigenvalue weighted by Crippen LogP contribution is 2.46. The van der Waals surface area contributed by atoms with E-state index in [1.807, 2.05) is 0 Å². The van der Waals surface area contributed by atoms with Crippen molar-refractivity contribution in [1.29, 1.82) is 0 Å². The smallest absolute Gasteiger partial charge is 0.0136 e. The van der Waals surface area contributed by atoms with Crippen LogP contribution in [0.1, 0.15) is 33.6 Å². The average Bonchev–Trinajstić information content (AvgIpc) is 2.51. The summed E-state index contributed by atoms with van der Waals surface area (Å²) in [4.78, 5) is 0. The van der Waals surface area contributed by atoms with Crippen molar-refractivity contribution >= 4 is 0 Å². The highest BCUT2D eigenvalue weighted by Gasteiger charge is 2.43. The zero-order valence-electron chi connectivity index (χ0n) is 8.96. The van der Waals surface area contributed by atoms with Crippen molar-refractivity contribution in [3.8, 4) is 0 Å². The van der Waals surface area contributed by atoms with Crippen LogP contribution >= 0.6 is 0 Å². The second kappa shape index (κ2) is 2.84. The quantitative estimate of drug-likeness (QED) is 0.615. The molecule has 0 heterocycles. The summed E-state index contributed by atoms with van der Waals surface area (Å²) in [7, 11) is 0. The van der Waals surface area contributed by atoms with Gasteiger partial charge in [0.2, 0.25) is 0 Å². The lowest BCUT2D eigenvalue weighted by Gasteiger charge is -2.31. The summed E-state index contributed by atoms with van der Waals surface area (Å²) in [6.07, 6.45) is 7.32. The van der Waals surface area contributed by atoms with Crippen molar-refractivity contribution in [2.75, 3.05) is 0 Å². The summed E-state index contributed by atoms with van der Waals surface area (Å²) in [5, 5.41) is 0. The molecular formula is C12H21N. The van der Waals surface area contributed by atoms with Crippen LogP contribution in [0.4, 0.5) is 0 Å². The van der Waals surface area contributed by atoms with Gasteiger partial charge in [0, 0.05) is 6.04 Å². The molecule has 0 unspecified atom stereocenters. The average molecular weight is 179 g/mol. The molecule has 0 saturated heterocycles. The molecule has 0 aromatic heterocycles. The summed E-state index contributed by atoms with van der Waals surface area (Å²) in [6.45, 7) is 6.94. The molecular weight excluding hydrogens is 158 g/mol. The predicted molar refractivity (Wildman–Crippen MR) is 56.3 cm³/mol. The molecule has 1 heteroatoms. The largest absolute Gasteiger partial charge is 0.327 e. The van der Waals surface area contributed by atoms with E-state index in [9.17, 15) is 0 Å². The molecule has 2 rings (SSSR count). The van der Waals surface area contributed by atoms with Gasteiger partial charge in [0.1, 0.15) is 0 Å². The van der Waals surface area contributed by atoms with Crippen LogP contribution in [0.15, 0.2) is 12.2 Å². The Kier molecular flexibility index (Phi) is 2.03.